The zero-order chi connectivity index (χ0) is 13.0. The average Bonchev–Trinajstić information content (AvgIpc) is 2.46. The van der Waals surface area contributed by atoms with Crippen molar-refractivity contribution in [3.8, 4) is 0 Å². The minimum absolute atomic E-state index is 0.122. The highest BCUT2D eigenvalue weighted by atomic mass is 79.9. The van der Waals surface area contributed by atoms with Crippen molar-refractivity contribution in [2.24, 2.45) is 0 Å². The zero-order valence-electron chi connectivity index (χ0n) is 11.5. The van der Waals surface area contributed by atoms with Crippen LogP contribution in [-0.2, 0) is 5.54 Å². The molecule has 92 valence electrons. The van der Waals surface area contributed by atoms with Gasteiger partial charge in [0.15, 0.2) is 0 Å². The van der Waals surface area contributed by atoms with E-state index < -0.39 is 0 Å². The minimum atomic E-state index is 0.122. The van der Waals surface area contributed by atoms with E-state index in [2.05, 4.69) is 74.2 Å². The van der Waals surface area contributed by atoms with Crippen LogP contribution in [0.1, 0.15) is 37.6 Å². The second kappa shape index (κ2) is 3.88. The van der Waals surface area contributed by atoms with E-state index in [1.54, 1.807) is 0 Å². The number of aryl methyl sites for hydroxylation is 2. The summed E-state index contributed by atoms with van der Waals surface area (Å²) in [6, 6.07) is 4.37. The van der Waals surface area contributed by atoms with Crippen molar-refractivity contribution in [3.63, 3.8) is 0 Å². The molecule has 0 spiro atoms. The molecule has 2 heteroatoms. The van der Waals surface area contributed by atoms with Crippen LogP contribution in [0.4, 0.5) is 0 Å². The molecule has 1 aromatic carbocycles. The van der Waals surface area contributed by atoms with Crippen molar-refractivity contribution >= 4 is 26.8 Å². The van der Waals surface area contributed by atoms with Crippen molar-refractivity contribution in [2.75, 3.05) is 0 Å². The largest absolute Gasteiger partial charge is 0.339 e. The van der Waals surface area contributed by atoms with E-state index in [0.717, 1.165) is 0 Å². The molecule has 0 fully saturated rings. The van der Waals surface area contributed by atoms with E-state index in [0.29, 0.717) is 0 Å². The van der Waals surface area contributed by atoms with E-state index in [9.17, 15) is 0 Å². The van der Waals surface area contributed by atoms with Gasteiger partial charge in [0.25, 0.3) is 0 Å². The van der Waals surface area contributed by atoms with Crippen LogP contribution in [0, 0.1) is 20.8 Å². The van der Waals surface area contributed by atoms with E-state index in [4.69, 9.17) is 0 Å². The smallest absolute Gasteiger partial charge is 0.0493 e. The number of hydrogen-bond donors (Lipinski definition) is 0. The SMILES string of the molecule is Cc1c(Br)ccc2c1c(C)c(C)n2C(C)(C)C. The molecule has 0 atom stereocenters. The lowest BCUT2D eigenvalue weighted by Crippen LogP contribution is -2.22. The van der Waals surface area contributed by atoms with Crippen LogP contribution in [0.5, 0.6) is 0 Å². The molecule has 0 bridgehead atoms. The Bertz CT molecular complexity index is 585. The zero-order valence-corrected chi connectivity index (χ0v) is 13.1. The Morgan fingerprint density at radius 1 is 1.00 bits per heavy atom. The highest BCUT2D eigenvalue weighted by Crippen LogP contribution is 2.35. The third-order valence-electron chi connectivity index (χ3n) is 3.54. The lowest BCUT2D eigenvalue weighted by Gasteiger charge is -2.25. The molecule has 1 nitrogen and oxygen atoms in total. The lowest BCUT2D eigenvalue weighted by atomic mass is 10.1. The van der Waals surface area contributed by atoms with Crippen LogP contribution >= 0.6 is 15.9 Å². The third-order valence-corrected chi connectivity index (χ3v) is 4.40. The number of benzene rings is 1. The molecule has 0 aliphatic carbocycles. The van der Waals surface area contributed by atoms with E-state index in [1.807, 2.05) is 0 Å². The van der Waals surface area contributed by atoms with Gasteiger partial charge in [-0.1, -0.05) is 15.9 Å². The first-order chi connectivity index (χ1) is 7.75. The van der Waals surface area contributed by atoms with Gasteiger partial charge in [0.05, 0.1) is 0 Å². The van der Waals surface area contributed by atoms with Gasteiger partial charge in [-0.2, -0.15) is 0 Å². The van der Waals surface area contributed by atoms with Crippen molar-refractivity contribution in [3.05, 3.63) is 33.4 Å². The first-order valence-corrected chi connectivity index (χ1v) is 6.81. The van der Waals surface area contributed by atoms with Crippen LogP contribution in [0.3, 0.4) is 0 Å². The van der Waals surface area contributed by atoms with Crippen molar-refractivity contribution in [1.82, 2.24) is 4.57 Å². The summed E-state index contributed by atoms with van der Waals surface area (Å²) in [6.45, 7) is 13.4. The van der Waals surface area contributed by atoms with Crippen LogP contribution < -0.4 is 0 Å². The first kappa shape index (κ1) is 12.7. The molecule has 0 amide bonds. The molecule has 0 aliphatic rings. The summed E-state index contributed by atoms with van der Waals surface area (Å²) >= 11 is 3.63. The Kier molecular flexibility index (Phi) is 2.89. The summed E-state index contributed by atoms with van der Waals surface area (Å²) < 4.78 is 3.64. The molecule has 0 radical (unpaired) electrons. The monoisotopic (exact) mass is 293 g/mol. The molecule has 1 aromatic heterocycles. The Labute approximate surface area is 112 Å². The second-order valence-electron chi connectivity index (χ2n) is 5.78. The number of halogens is 1. The Morgan fingerprint density at radius 3 is 2.12 bits per heavy atom. The summed E-state index contributed by atoms with van der Waals surface area (Å²) in [5, 5.41) is 1.40. The maximum atomic E-state index is 3.63. The molecule has 0 saturated heterocycles. The van der Waals surface area contributed by atoms with Crippen molar-refractivity contribution in [2.45, 2.75) is 47.1 Å². The molecular weight excluding hydrogens is 274 g/mol. The molecule has 1 heterocycles. The molecule has 2 aromatic rings. The molecule has 0 aliphatic heterocycles. The van der Waals surface area contributed by atoms with Gasteiger partial charge < -0.3 is 4.57 Å². The van der Waals surface area contributed by atoms with Gasteiger partial charge in [0.2, 0.25) is 0 Å². The summed E-state index contributed by atoms with van der Waals surface area (Å²) in [5.41, 5.74) is 5.57. The fourth-order valence-corrected chi connectivity index (χ4v) is 3.06. The minimum Gasteiger partial charge on any atom is -0.339 e. The van der Waals surface area contributed by atoms with Crippen LogP contribution in [-0.4, -0.2) is 4.57 Å². The predicted octanol–water partition coefficient (Wildman–Crippen LogP) is 5.08. The number of nitrogens with zero attached hydrogens (tertiary/aromatic N) is 1. The van der Waals surface area contributed by atoms with Gasteiger partial charge in [-0.25, -0.2) is 0 Å². The van der Waals surface area contributed by atoms with Gasteiger partial charge in [-0.15, -0.1) is 0 Å². The van der Waals surface area contributed by atoms with Crippen LogP contribution in [0.2, 0.25) is 0 Å². The summed E-state index contributed by atoms with van der Waals surface area (Å²) in [7, 11) is 0. The fraction of sp³-hybridized carbons (Fsp3) is 0.467. The summed E-state index contributed by atoms with van der Waals surface area (Å²) in [6.07, 6.45) is 0. The van der Waals surface area contributed by atoms with Gasteiger partial charge in [-0.05, 0) is 64.8 Å². The van der Waals surface area contributed by atoms with Gasteiger partial charge in [-0.3, -0.25) is 0 Å². The highest BCUT2D eigenvalue weighted by molar-refractivity contribution is 9.10. The molecule has 2 rings (SSSR count). The predicted molar refractivity (Wildman–Crippen MR) is 78.8 cm³/mol. The lowest BCUT2D eigenvalue weighted by molar-refractivity contribution is 0.402. The summed E-state index contributed by atoms with van der Waals surface area (Å²) in [5.74, 6) is 0. The van der Waals surface area contributed by atoms with E-state index >= 15 is 0 Å². The standard InChI is InChI=1S/C15H20BrN/c1-9-11(3)17(15(4,5)6)13-8-7-12(16)10(2)14(9)13/h7-8H,1-6H3. The Hall–Kier alpha value is -0.760. The topological polar surface area (TPSA) is 4.93 Å². The normalized spacial score (nSPS) is 12.4. The van der Waals surface area contributed by atoms with Gasteiger partial charge in [0, 0.05) is 26.6 Å². The maximum absolute atomic E-state index is 3.63. The molecular formula is C15H20BrN. The second-order valence-corrected chi connectivity index (χ2v) is 6.64. The van der Waals surface area contributed by atoms with Crippen LogP contribution in [0.15, 0.2) is 16.6 Å². The fourth-order valence-electron chi connectivity index (χ4n) is 2.73. The van der Waals surface area contributed by atoms with Crippen LogP contribution in [0.25, 0.3) is 10.9 Å². The first-order valence-electron chi connectivity index (χ1n) is 6.02. The number of fused-ring (bicyclic) bond motifs is 1. The average molecular weight is 294 g/mol. The summed E-state index contributed by atoms with van der Waals surface area (Å²) in [4.78, 5) is 0. The Morgan fingerprint density at radius 2 is 1.59 bits per heavy atom. The molecule has 0 saturated carbocycles. The Balaban J connectivity index is 2.98. The molecule has 0 unspecified atom stereocenters. The van der Waals surface area contributed by atoms with E-state index in [-0.39, 0.29) is 5.54 Å². The molecule has 17 heavy (non-hydrogen) atoms. The van der Waals surface area contributed by atoms with Crippen molar-refractivity contribution < 1.29 is 0 Å². The number of aromatic nitrogens is 1. The molecule has 0 N–H and O–H groups in total. The number of hydrogen-bond acceptors (Lipinski definition) is 0. The van der Waals surface area contributed by atoms with Gasteiger partial charge in [0.1, 0.15) is 0 Å². The number of rotatable bonds is 0. The third kappa shape index (κ3) is 1.83. The van der Waals surface area contributed by atoms with Gasteiger partial charge >= 0.3 is 0 Å². The van der Waals surface area contributed by atoms with Crippen molar-refractivity contribution in [1.29, 1.82) is 0 Å². The highest BCUT2D eigenvalue weighted by Gasteiger charge is 2.21. The van der Waals surface area contributed by atoms with E-state index in [1.165, 1.54) is 32.2 Å². The maximum Gasteiger partial charge on any atom is 0.0493 e. The quantitative estimate of drug-likeness (QED) is 0.638.